The number of aryl methyl sites for hydroxylation is 1. The molecular weight excluding hydrogens is 474 g/mol. The lowest BCUT2D eigenvalue weighted by Crippen LogP contribution is -2.44. The van der Waals surface area contributed by atoms with Crippen LogP contribution in [0.2, 0.25) is 0 Å². The van der Waals surface area contributed by atoms with Gasteiger partial charge < -0.3 is 15.1 Å². The van der Waals surface area contributed by atoms with Gasteiger partial charge in [0.15, 0.2) is 0 Å². The van der Waals surface area contributed by atoms with Crippen LogP contribution in [-0.2, 0) is 0 Å². The van der Waals surface area contributed by atoms with Crippen molar-refractivity contribution in [2.24, 2.45) is 0 Å². The number of nitrogens with zero attached hydrogens (tertiary/aromatic N) is 6. The molecule has 3 aromatic carbocycles. The molecule has 0 spiro atoms. The average Bonchev–Trinajstić information content (AvgIpc) is 2.95. The van der Waals surface area contributed by atoms with E-state index in [1.807, 2.05) is 73.7 Å². The summed E-state index contributed by atoms with van der Waals surface area (Å²) in [7, 11) is 2.16. The smallest absolute Gasteiger partial charge is 0.282 e. The van der Waals surface area contributed by atoms with Gasteiger partial charge in [0.05, 0.1) is 11.1 Å². The SMILES string of the molecule is Cc1cccc(-c2nn(-c3ccccc3)c(=O)c3cnc(Nc4ccc(N5CCN(C)CC5)cc4)nc23)c1. The van der Waals surface area contributed by atoms with Crippen molar-refractivity contribution >= 4 is 28.2 Å². The van der Waals surface area contributed by atoms with Crippen molar-refractivity contribution in [2.75, 3.05) is 43.4 Å². The maximum absolute atomic E-state index is 13.4. The van der Waals surface area contributed by atoms with Gasteiger partial charge in [-0.3, -0.25) is 4.79 Å². The summed E-state index contributed by atoms with van der Waals surface area (Å²) in [6, 6.07) is 25.8. The van der Waals surface area contributed by atoms with Gasteiger partial charge in [0.2, 0.25) is 5.95 Å². The number of benzene rings is 3. The standard InChI is InChI=1S/C30H29N7O/c1-21-7-6-8-22(19-21)27-28-26(29(38)37(34-27)25-9-4-3-5-10-25)20-31-30(33-28)32-23-11-13-24(14-12-23)36-17-15-35(2)16-18-36/h3-14,19-20H,15-18H2,1-2H3,(H,31,32,33). The average molecular weight is 504 g/mol. The quantitative estimate of drug-likeness (QED) is 0.374. The van der Waals surface area contributed by atoms with Crippen LogP contribution in [0.25, 0.3) is 27.8 Å². The van der Waals surface area contributed by atoms with E-state index in [1.54, 1.807) is 6.20 Å². The summed E-state index contributed by atoms with van der Waals surface area (Å²) >= 11 is 0. The molecule has 0 aliphatic carbocycles. The molecule has 0 radical (unpaired) electrons. The number of aromatic nitrogens is 4. The second-order valence-electron chi connectivity index (χ2n) is 9.69. The third kappa shape index (κ3) is 4.73. The zero-order chi connectivity index (χ0) is 26.1. The van der Waals surface area contributed by atoms with Gasteiger partial charge in [0.1, 0.15) is 11.2 Å². The van der Waals surface area contributed by atoms with Crippen LogP contribution in [0.1, 0.15) is 5.56 Å². The van der Waals surface area contributed by atoms with Gasteiger partial charge in [-0.2, -0.15) is 9.78 Å². The largest absolute Gasteiger partial charge is 0.369 e. The Bertz CT molecular complexity index is 1640. The zero-order valence-electron chi connectivity index (χ0n) is 21.5. The highest BCUT2D eigenvalue weighted by Crippen LogP contribution is 2.27. The third-order valence-corrected chi connectivity index (χ3v) is 6.92. The first-order chi connectivity index (χ1) is 18.5. The Kier molecular flexibility index (Phi) is 6.31. The molecule has 6 rings (SSSR count). The second kappa shape index (κ2) is 10.1. The minimum atomic E-state index is -0.259. The van der Waals surface area contributed by atoms with Gasteiger partial charge in [-0.1, -0.05) is 42.0 Å². The van der Waals surface area contributed by atoms with Crippen molar-refractivity contribution < 1.29 is 0 Å². The Morgan fingerprint density at radius 1 is 0.842 bits per heavy atom. The van der Waals surface area contributed by atoms with E-state index in [-0.39, 0.29) is 5.56 Å². The molecule has 0 amide bonds. The molecule has 1 N–H and O–H groups in total. The summed E-state index contributed by atoms with van der Waals surface area (Å²) in [6.07, 6.45) is 1.59. The van der Waals surface area contributed by atoms with E-state index >= 15 is 0 Å². The predicted molar refractivity (Wildman–Crippen MR) is 153 cm³/mol. The van der Waals surface area contributed by atoms with E-state index in [4.69, 9.17) is 10.1 Å². The minimum Gasteiger partial charge on any atom is -0.369 e. The van der Waals surface area contributed by atoms with Crippen LogP contribution >= 0.6 is 0 Å². The number of hydrogen-bond donors (Lipinski definition) is 1. The molecule has 0 bridgehead atoms. The normalized spacial score (nSPS) is 14.1. The summed E-state index contributed by atoms with van der Waals surface area (Å²) in [5, 5.41) is 8.49. The molecule has 5 aromatic rings. The van der Waals surface area contributed by atoms with Crippen LogP contribution in [0.3, 0.4) is 0 Å². The van der Waals surface area contributed by atoms with Gasteiger partial charge in [-0.25, -0.2) is 9.97 Å². The molecule has 8 nitrogen and oxygen atoms in total. The number of anilines is 3. The number of nitrogens with one attached hydrogen (secondary N) is 1. The Balaban J connectivity index is 1.38. The molecule has 1 saturated heterocycles. The first-order valence-electron chi connectivity index (χ1n) is 12.8. The summed E-state index contributed by atoms with van der Waals surface area (Å²) in [5.74, 6) is 0.414. The highest BCUT2D eigenvalue weighted by atomic mass is 16.1. The van der Waals surface area contributed by atoms with Crippen LogP contribution < -0.4 is 15.8 Å². The molecule has 0 atom stereocenters. The molecule has 8 heteroatoms. The van der Waals surface area contributed by atoms with Crippen molar-refractivity contribution in [3.8, 4) is 16.9 Å². The van der Waals surface area contributed by atoms with Gasteiger partial charge in [0.25, 0.3) is 5.56 Å². The van der Waals surface area contributed by atoms with Crippen LogP contribution in [-0.4, -0.2) is 57.9 Å². The summed E-state index contributed by atoms with van der Waals surface area (Å²) in [5.41, 5.74) is 5.65. The molecule has 1 aliphatic rings. The number of rotatable bonds is 5. The van der Waals surface area contributed by atoms with E-state index in [9.17, 15) is 4.79 Å². The second-order valence-corrected chi connectivity index (χ2v) is 9.69. The van der Waals surface area contributed by atoms with Crippen LogP contribution in [0, 0.1) is 6.92 Å². The molecule has 2 aromatic heterocycles. The van der Waals surface area contributed by atoms with E-state index in [0.717, 1.165) is 43.0 Å². The van der Waals surface area contributed by atoms with Crippen molar-refractivity contribution in [3.63, 3.8) is 0 Å². The van der Waals surface area contributed by atoms with Crippen molar-refractivity contribution in [1.29, 1.82) is 0 Å². The topological polar surface area (TPSA) is 79.2 Å². The highest BCUT2D eigenvalue weighted by Gasteiger charge is 2.17. The van der Waals surface area contributed by atoms with Gasteiger partial charge >= 0.3 is 0 Å². The van der Waals surface area contributed by atoms with E-state index in [1.165, 1.54) is 10.4 Å². The third-order valence-electron chi connectivity index (χ3n) is 6.92. The number of likely N-dealkylation sites (N-methyl/N-ethyl adjacent to an activating group) is 1. The fourth-order valence-electron chi connectivity index (χ4n) is 4.77. The molecule has 0 saturated carbocycles. The van der Waals surface area contributed by atoms with Gasteiger partial charge in [0, 0.05) is 49.3 Å². The summed E-state index contributed by atoms with van der Waals surface area (Å²) in [4.78, 5) is 27.5. The van der Waals surface area contributed by atoms with Crippen molar-refractivity contribution in [1.82, 2.24) is 24.6 Å². The lowest BCUT2D eigenvalue weighted by molar-refractivity contribution is 0.313. The lowest BCUT2D eigenvalue weighted by atomic mass is 10.1. The van der Waals surface area contributed by atoms with E-state index in [0.29, 0.717) is 28.2 Å². The Morgan fingerprint density at radius 3 is 2.34 bits per heavy atom. The first-order valence-corrected chi connectivity index (χ1v) is 12.8. The van der Waals surface area contributed by atoms with Crippen LogP contribution in [0.15, 0.2) is 89.9 Å². The summed E-state index contributed by atoms with van der Waals surface area (Å²) in [6.45, 7) is 6.20. The molecule has 190 valence electrons. The Labute approximate surface area is 221 Å². The predicted octanol–water partition coefficient (Wildman–Crippen LogP) is 4.65. The molecule has 3 heterocycles. The summed E-state index contributed by atoms with van der Waals surface area (Å²) < 4.78 is 1.42. The fraction of sp³-hybridized carbons (Fsp3) is 0.200. The van der Waals surface area contributed by atoms with Crippen LogP contribution in [0.5, 0.6) is 0 Å². The van der Waals surface area contributed by atoms with E-state index in [2.05, 4.69) is 39.3 Å². The number of para-hydroxylation sites is 1. The van der Waals surface area contributed by atoms with Gasteiger partial charge in [-0.15, -0.1) is 0 Å². The molecular formula is C30H29N7O. The molecule has 38 heavy (non-hydrogen) atoms. The lowest BCUT2D eigenvalue weighted by Gasteiger charge is -2.34. The van der Waals surface area contributed by atoms with Crippen molar-refractivity contribution in [3.05, 3.63) is 101 Å². The minimum absolute atomic E-state index is 0.259. The molecule has 1 fully saturated rings. The first kappa shape index (κ1) is 23.8. The molecule has 1 aliphatic heterocycles. The Hall–Kier alpha value is -4.56. The number of hydrogen-bond acceptors (Lipinski definition) is 7. The highest BCUT2D eigenvalue weighted by molar-refractivity contribution is 5.91. The Morgan fingerprint density at radius 2 is 1.61 bits per heavy atom. The van der Waals surface area contributed by atoms with Crippen LogP contribution in [0.4, 0.5) is 17.3 Å². The maximum Gasteiger partial charge on any atom is 0.282 e. The number of fused-ring (bicyclic) bond motifs is 1. The molecule has 0 unspecified atom stereocenters. The van der Waals surface area contributed by atoms with Crippen molar-refractivity contribution in [2.45, 2.75) is 6.92 Å². The monoisotopic (exact) mass is 503 g/mol. The maximum atomic E-state index is 13.4. The van der Waals surface area contributed by atoms with E-state index < -0.39 is 0 Å². The zero-order valence-corrected chi connectivity index (χ0v) is 21.5. The number of piperazine rings is 1. The fourth-order valence-corrected chi connectivity index (χ4v) is 4.77. The van der Waals surface area contributed by atoms with Gasteiger partial charge in [-0.05, 0) is 56.4 Å².